The van der Waals surface area contributed by atoms with E-state index in [1.54, 1.807) is 41.5 Å². The van der Waals surface area contributed by atoms with Gasteiger partial charge in [-0.3, -0.25) is 28.8 Å². The molecule has 0 N–H and O–H groups in total. The maximum atomic E-state index is 13.6. The first-order valence-electron chi connectivity index (χ1n) is 40.1. The molecule has 0 aliphatic carbocycles. The van der Waals surface area contributed by atoms with Crippen molar-refractivity contribution in [2.45, 2.75) is 403 Å². The van der Waals surface area contributed by atoms with Crippen LogP contribution in [-0.4, -0.2) is 75.5 Å². The summed E-state index contributed by atoms with van der Waals surface area (Å²) in [4.78, 5) is 80.1. The van der Waals surface area contributed by atoms with Crippen LogP contribution in [0, 0.1) is 40.9 Å². The predicted molar refractivity (Wildman–Crippen MR) is 386 cm³/mol. The zero-order valence-corrected chi connectivity index (χ0v) is 62.9. The smallest absolute Gasteiger partial charge is 0.308 e. The highest BCUT2D eigenvalue weighted by molar-refractivity contribution is 5.77. The number of hydrogen-bond donors (Lipinski definition) is 0. The monoisotopic (exact) mass is 1320 g/mol. The standard InChI is InChI=1S/C81H152O12/c1-11-15-18-21-24-27-30-33-36-39-42-45-48-51-54-57-60-88-75(82)69(5)63-72(8)78(85)91-66-81(14-4,67-92-79(86)73(9)64-70(6)76(83)89-61-58-55-52-49-46-43-40-37-34-31-28-25-22-19-16-12-2)68-93-80(87)74(10)65-71(7)77(84)90-62-59-56-53-50-47-44-41-38-35-32-29-26-23-20-17-13-3/h69-74H,11-68H2,1-10H3. The zero-order chi connectivity index (χ0) is 68.7. The van der Waals surface area contributed by atoms with Gasteiger partial charge in [-0.15, -0.1) is 0 Å². The van der Waals surface area contributed by atoms with Gasteiger partial charge in [-0.05, 0) is 44.9 Å². The van der Waals surface area contributed by atoms with Crippen LogP contribution in [-0.2, 0) is 57.2 Å². The lowest BCUT2D eigenvalue weighted by Crippen LogP contribution is -2.41. The van der Waals surface area contributed by atoms with Gasteiger partial charge in [0.15, 0.2) is 0 Å². The minimum atomic E-state index is -1.10. The molecule has 0 saturated carbocycles. The van der Waals surface area contributed by atoms with Crippen molar-refractivity contribution < 1.29 is 57.2 Å². The Morgan fingerprint density at radius 3 is 0.505 bits per heavy atom. The molecule has 0 fully saturated rings. The number of hydrogen-bond acceptors (Lipinski definition) is 12. The third kappa shape index (κ3) is 54.5. The van der Waals surface area contributed by atoms with Crippen LogP contribution in [0.5, 0.6) is 0 Å². The molecule has 0 heterocycles. The fourth-order valence-corrected chi connectivity index (χ4v) is 12.6. The first kappa shape index (κ1) is 89.8. The number of rotatable bonds is 70. The molecule has 0 aromatic heterocycles. The molecule has 6 unspecified atom stereocenters. The molecule has 0 aromatic carbocycles. The Morgan fingerprint density at radius 2 is 0.355 bits per heavy atom. The van der Waals surface area contributed by atoms with Crippen molar-refractivity contribution in [1.29, 1.82) is 0 Å². The van der Waals surface area contributed by atoms with E-state index in [2.05, 4.69) is 20.8 Å². The van der Waals surface area contributed by atoms with E-state index < -0.39 is 58.8 Å². The van der Waals surface area contributed by atoms with E-state index in [-0.39, 0.29) is 57.0 Å². The quantitative estimate of drug-likeness (QED) is 0.0323. The zero-order valence-electron chi connectivity index (χ0n) is 62.9. The summed E-state index contributed by atoms with van der Waals surface area (Å²) in [5.41, 5.74) is -1.10. The lowest BCUT2D eigenvalue weighted by Gasteiger charge is -2.32. The van der Waals surface area contributed by atoms with Crippen LogP contribution in [0.2, 0.25) is 0 Å². The Balaban J connectivity index is 5.18. The molecule has 0 aromatic rings. The highest BCUT2D eigenvalue weighted by Crippen LogP contribution is 2.29. The minimum absolute atomic E-state index is 0.210. The molecule has 0 spiro atoms. The summed E-state index contributed by atoms with van der Waals surface area (Å²) in [7, 11) is 0. The molecule has 0 saturated heterocycles. The molecule has 12 nitrogen and oxygen atoms in total. The molecule has 12 heteroatoms. The van der Waals surface area contributed by atoms with Crippen LogP contribution in [0.15, 0.2) is 0 Å². The summed E-state index contributed by atoms with van der Waals surface area (Å²) < 4.78 is 34.7. The second-order valence-electron chi connectivity index (χ2n) is 29.2. The molecule has 0 rings (SSSR count). The van der Waals surface area contributed by atoms with Gasteiger partial charge < -0.3 is 28.4 Å². The Morgan fingerprint density at radius 1 is 0.215 bits per heavy atom. The third-order valence-electron chi connectivity index (χ3n) is 19.6. The van der Waals surface area contributed by atoms with Crippen LogP contribution in [0.4, 0.5) is 0 Å². The van der Waals surface area contributed by atoms with Gasteiger partial charge >= 0.3 is 35.8 Å². The van der Waals surface area contributed by atoms with E-state index in [1.807, 2.05) is 6.92 Å². The van der Waals surface area contributed by atoms with Gasteiger partial charge in [-0.2, -0.15) is 0 Å². The number of carbonyl (C=O) groups excluding carboxylic acids is 6. The largest absolute Gasteiger partial charge is 0.465 e. The average Bonchev–Trinajstić information content (AvgIpc) is 1.39. The molecule has 0 aliphatic rings. The average molecular weight is 1320 g/mol. The topological polar surface area (TPSA) is 158 Å². The first-order chi connectivity index (χ1) is 45.1. The summed E-state index contributed by atoms with van der Waals surface area (Å²) in [6.07, 6.45) is 62.1. The van der Waals surface area contributed by atoms with Crippen molar-refractivity contribution in [3.8, 4) is 0 Å². The molecule has 0 bridgehead atoms. The second-order valence-corrected chi connectivity index (χ2v) is 29.2. The summed E-state index contributed by atoms with van der Waals surface area (Å²) >= 11 is 0. The van der Waals surface area contributed by atoms with Gasteiger partial charge in [0.1, 0.15) is 19.8 Å². The lowest BCUT2D eigenvalue weighted by atomic mass is 9.87. The van der Waals surface area contributed by atoms with E-state index in [0.717, 1.165) is 57.8 Å². The van der Waals surface area contributed by atoms with E-state index in [9.17, 15) is 28.8 Å². The van der Waals surface area contributed by atoms with Gasteiger partial charge in [-0.1, -0.05) is 358 Å². The van der Waals surface area contributed by atoms with Gasteiger partial charge in [0.05, 0.1) is 60.7 Å². The fourth-order valence-electron chi connectivity index (χ4n) is 12.6. The lowest BCUT2D eigenvalue weighted by molar-refractivity contribution is -0.167. The van der Waals surface area contributed by atoms with Crippen LogP contribution in [0.3, 0.4) is 0 Å². The summed E-state index contributed by atoms with van der Waals surface area (Å²) in [6, 6.07) is 0. The van der Waals surface area contributed by atoms with Gasteiger partial charge in [-0.25, -0.2) is 0 Å². The van der Waals surface area contributed by atoms with Crippen molar-refractivity contribution >= 4 is 35.8 Å². The minimum Gasteiger partial charge on any atom is -0.465 e. The summed E-state index contributed by atoms with van der Waals surface area (Å²) in [5.74, 6) is -6.07. The molecule has 0 amide bonds. The normalized spacial score (nSPS) is 14.1. The summed E-state index contributed by atoms with van der Waals surface area (Å²) in [5, 5.41) is 0. The number of ether oxygens (including phenoxy) is 6. The van der Waals surface area contributed by atoms with E-state index >= 15 is 0 Å². The van der Waals surface area contributed by atoms with Crippen molar-refractivity contribution in [2.24, 2.45) is 40.9 Å². The highest BCUT2D eigenvalue weighted by atomic mass is 16.6. The molecule has 0 radical (unpaired) electrons. The molecule has 6 atom stereocenters. The number of carbonyl (C=O) groups is 6. The Bertz CT molecular complexity index is 1560. The van der Waals surface area contributed by atoms with Crippen molar-refractivity contribution in [1.82, 2.24) is 0 Å². The molecule has 93 heavy (non-hydrogen) atoms. The van der Waals surface area contributed by atoms with Gasteiger partial charge in [0.2, 0.25) is 0 Å². The molecular formula is C81H152O12. The SMILES string of the molecule is CCCCCCCCCCCCCCCCCCOC(=O)C(C)CC(C)C(=O)OCC(CC)(COC(=O)C(C)CC(C)C(=O)OCCCCCCCCCCCCCCCCCC)COC(=O)C(C)CC(C)C(=O)OCCCCCCCCCCCCCCCCCC. The van der Waals surface area contributed by atoms with Crippen LogP contribution in [0.25, 0.3) is 0 Å². The van der Waals surface area contributed by atoms with Crippen LogP contribution < -0.4 is 0 Å². The molecule has 0 aliphatic heterocycles. The van der Waals surface area contributed by atoms with Crippen molar-refractivity contribution in [2.75, 3.05) is 39.6 Å². The second kappa shape index (κ2) is 64.8. The van der Waals surface area contributed by atoms with Gasteiger partial charge in [0, 0.05) is 0 Å². The third-order valence-corrected chi connectivity index (χ3v) is 19.6. The van der Waals surface area contributed by atoms with E-state index in [1.165, 1.54) is 250 Å². The predicted octanol–water partition coefficient (Wildman–Crippen LogP) is 23.4. The number of esters is 6. The van der Waals surface area contributed by atoms with Crippen LogP contribution in [0.1, 0.15) is 403 Å². The van der Waals surface area contributed by atoms with E-state index in [4.69, 9.17) is 28.4 Å². The number of unbranched alkanes of at least 4 members (excludes halogenated alkanes) is 45. The Kier molecular flexibility index (Phi) is 62.6. The van der Waals surface area contributed by atoms with Crippen molar-refractivity contribution in [3.05, 3.63) is 0 Å². The van der Waals surface area contributed by atoms with Crippen molar-refractivity contribution in [3.63, 3.8) is 0 Å². The molecular weight excluding hydrogens is 1160 g/mol. The highest BCUT2D eigenvalue weighted by Gasteiger charge is 2.37. The maximum absolute atomic E-state index is 13.6. The maximum Gasteiger partial charge on any atom is 0.308 e. The first-order valence-corrected chi connectivity index (χ1v) is 40.1. The molecule has 548 valence electrons. The Hall–Kier alpha value is -3.18. The van der Waals surface area contributed by atoms with Crippen LogP contribution >= 0.6 is 0 Å². The Labute approximate surface area is 574 Å². The van der Waals surface area contributed by atoms with E-state index in [0.29, 0.717) is 26.2 Å². The van der Waals surface area contributed by atoms with Gasteiger partial charge in [0.25, 0.3) is 0 Å². The fraction of sp³-hybridized carbons (Fsp3) is 0.926. The summed E-state index contributed by atoms with van der Waals surface area (Å²) in [6.45, 7) is 19.6.